The first-order valence-electron chi connectivity index (χ1n) is 8.43. The van der Waals surface area contributed by atoms with E-state index in [2.05, 4.69) is 15.1 Å². The lowest BCUT2D eigenvalue weighted by Crippen LogP contribution is -2.33. The third kappa shape index (κ3) is 4.26. The third-order valence-corrected chi connectivity index (χ3v) is 4.47. The van der Waals surface area contributed by atoms with Gasteiger partial charge in [0.1, 0.15) is 11.6 Å². The van der Waals surface area contributed by atoms with Gasteiger partial charge in [0.25, 0.3) is 0 Å². The molecule has 24 heavy (non-hydrogen) atoms. The predicted molar refractivity (Wildman–Crippen MR) is 88.0 cm³/mol. The molecule has 1 aliphatic heterocycles. The van der Waals surface area contributed by atoms with E-state index in [1.807, 2.05) is 0 Å². The fourth-order valence-corrected chi connectivity index (χ4v) is 3.06. The molecule has 1 saturated heterocycles. The summed E-state index contributed by atoms with van der Waals surface area (Å²) in [5, 5.41) is 8.26. The van der Waals surface area contributed by atoms with Crippen LogP contribution in [0.4, 0.5) is 4.39 Å². The van der Waals surface area contributed by atoms with Crippen LogP contribution < -0.4 is 0 Å². The van der Waals surface area contributed by atoms with Gasteiger partial charge in [0.2, 0.25) is 11.8 Å². The van der Waals surface area contributed by atoms with Gasteiger partial charge in [-0.1, -0.05) is 0 Å². The number of benzene rings is 1. The number of rotatable bonds is 6. The molecule has 6 heteroatoms. The Bertz CT molecular complexity index is 676. The van der Waals surface area contributed by atoms with Gasteiger partial charge in [-0.2, -0.15) is 0 Å². The monoisotopic (exact) mass is 331 g/mol. The maximum atomic E-state index is 13.0. The highest BCUT2D eigenvalue weighted by Gasteiger charge is 2.25. The Kier molecular flexibility index (Phi) is 5.35. The maximum absolute atomic E-state index is 13.0. The fourth-order valence-electron chi connectivity index (χ4n) is 3.06. The van der Waals surface area contributed by atoms with E-state index in [1.54, 1.807) is 19.1 Å². The number of hydrogen-bond acceptors (Lipinski definition) is 5. The molecule has 0 N–H and O–H groups in total. The molecule has 1 aromatic heterocycles. The maximum Gasteiger partial charge on any atom is 0.247 e. The average Bonchev–Trinajstić information content (AvgIpc) is 3.06. The second kappa shape index (κ2) is 7.66. The molecule has 0 atom stereocenters. The Hall–Kier alpha value is -2.08. The molecule has 0 amide bonds. The minimum Gasteiger partial charge on any atom is -0.420 e. The number of hydrogen-bond donors (Lipinski definition) is 0. The van der Waals surface area contributed by atoms with Gasteiger partial charge >= 0.3 is 0 Å². The number of piperidine rings is 1. The van der Waals surface area contributed by atoms with Gasteiger partial charge in [0.15, 0.2) is 0 Å². The smallest absolute Gasteiger partial charge is 0.247 e. The molecule has 0 radical (unpaired) electrons. The van der Waals surface area contributed by atoms with Crippen LogP contribution in [0.3, 0.4) is 0 Å². The Labute approximate surface area is 140 Å². The van der Waals surface area contributed by atoms with Crippen molar-refractivity contribution in [3.8, 4) is 11.5 Å². The van der Waals surface area contributed by atoms with Crippen molar-refractivity contribution in [2.45, 2.75) is 38.5 Å². The SMILES string of the molecule is CC(=O)CCCN1CCC(c2nnc(-c3ccc(F)cc3)o2)CC1. The first-order valence-corrected chi connectivity index (χ1v) is 8.43. The molecule has 2 heterocycles. The molecule has 3 rings (SSSR count). The summed E-state index contributed by atoms with van der Waals surface area (Å²) in [6.45, 7) is 4.57. The largest absolute Gasteiger partial charge is 0.420 e. The van der Waals surface area contributed by atoms with E-state index in [0.717, 1.165) is 44.5 Å². The molecule has 1 aliphatic rings. The lowest BCUT2D eigenvalue weighted by Gasteiger charge is -2.30. The van der Waals surface area contributed by atoms with Gasteiger partial charge in [0, 0.05) is 17.9 Å². The zero-order valence-electron chi connectivity index (χ0n) is 13.9. The second-order valence-corrected chi connectivity index (χ2v) is 6.37. The van der Waals surface area contributed by atoms with Crippen molar-refractivity contribution in [3.63, 3.8) is 0 Å². The van der Waals surface area contributed by atoms with Gasteiger partial charge < -0.3 is 14.1 Å². The van der Waals surface area contributed by atoms with Crippen molar-refractivity contribution in [3.05, 3.63) is 36.0 Å². The first kappa shape index (κ1) is 16.8. The number of halogens is 1. The van der Waals surface area contributed by atoms with Gasteiger partial charge in [-0.05, 0) is 70.1 Å². The van der Waals surface area contributed by atoms with Crippen molar-refractivity contribution in [1.82, 2.24) is 15.1 Å². The summed E-state index contributed by atoms with van der Waals surface area (Å²) < 4.78 is 18.8. The normalized spacial score (nSPS) is 16.4. The van der Waals surface area contributed by atoms with E-state index >= 15 is 0 Å². The van der Waals surface area contributed by atoms with E-state index < -0.39 is 0 Å². The van der Waals surface area contributed by atoms with Crippen LogP contribution in [0.5, 0.6) is 0 Å². The number of ketones is 1. The Morgan fingerprint density at radius 2 is 1.96 bits per heavy atom. The highest BCUT2D eigenvalue weighted by atomic mass is 19.1. The topological polar surface area (TPSA) is 59.2 Å². The number of carbonyl (C=O) groups excluding carboxylic acids is 1. The van der Waals surface area contributed by atoms with E-state index in [4.69, 9.17) is 4.42 Å². The summed E-state index contributed by atoms with van der Waals surface area (Å²) in [5.41, 5.74) is 0.733. The van der Waals surface area contributed by atoms with Gasteiger partial charge in [-0.15, -0.1) is 10.2 Å². The second-order valence-electron chi connectivity index (χ2n) is 6.37. The Morgan fingerprint density at radius 3 is 2.62 bits per heavy atom. The molecular weight excluding hydrogens is 309 g/mol. The molecular formula is C18H22FN3O2. The van der Waals surface area contributed by atoms with Gasteiger partial charge in [-0.3, -0.25) is 0 Å². The molecule has 2 aromatic rings. The van der Waals surface area contributed by atoms with Crippen LogP contribution in [0.25, 0.3) is 11.5 Å². The van der Waals surface area contributed by atoms with Crippen LogP contribution in [0.1, 0.15) is 44.4 Å². The molecule has 0 aliphatic carbocycles. The molecule has 0 bridgehead atoms. The van der Waals surface area contributed by atoms with Crippen molar-refractivity contribution in [1.29, 1.82) is 0 Å². The molecule has 0 spiro atoms. The van der Waals surface area contributed by atoms with E-state index in [0.29, 0.717) is 18.2 Å². The summed E-state index contributed by atoms with van der Waals surface area (Å²) in [7, 11) is 0. The van der Waals surface area contributed by atoms with Gasteiger partial charge in [-0.25, -0.2) is 4.39 Å². The average molecular weight is 331 g/mol. The van der Waals surface area contributed by atoms with E-state index in [-0.39, 0.29) is 17.5 Å². The summed E-state index contributed by atoms with van der Waals surface area (Å²) >= 11 is 0. The Morgan fingerprint density at radius 1 is 1.25 bits per heavy atom. The minimum absolute atomic E-state index is 0.254. The Balaban J connectivity index is 1.53. The van der Waals surface area contributed by atoms with Crippen molar-refractivity contribution >= 4 is 5.78 Å². The van der Waals surface area contributed by atoms with Crippen LogP contribution >= 0.6 is 0 Å². The van der Waals surface area contributed by atoms with Crippen molar-refractivity contribution in [2.75, 3.05) is 19.6 Å². The molecule has 5 nitrogen and oxygen atoms in total. The zero-order valence-corrected chi connectivity index (χ0v) is 13.9. The summed E-state index contributed by atoms with van der Waals surface area (Å²) in [4.78, 5) is 13.4. The quantitative estimate of drug-likeness (QED) is 0.812. The van der Waals surface area contributed by atoms with Crippen LogP contribution in [0.15, 0.2) is 28.7 Å². The summed E-state index contributed by atoms with van der Waals surface area (Å²) in [5.74, 6) is 1.35. The number of likely N-dealkylation sites (tertiary alicyclic amines) is 1. The van der Waals surface area contributed by atoms with Crippen LogP contribution in [0, 0.1) is 5.82 Å². The zero-order chi connectivity index (χ0) is 16.9. The summed E-state index contributed by atoms with van der Waals surface area (Å²) in [6, 6.07) is 6.06. The van der Waals surface area contributed by atoms with E-state index in [1.165, 1.54) is 12.1 Å². The number of aromatic nitrogens is 2. The highest BCUT2D eigenvalue weighted by Crippen LogP contribution is 2.29. The lowest BCUT2D eigenvalue weighted by atomic mass is 9.96. The molecule has 0 unspecified atom stereocenters. The number of nitrogens with zero attached hydrogens (tertiary/aromatic N) is 3. The van der Waals surface area contributed by atoms with E-state index in [9.17, 15) is 9.18 Å². The number of Topliss-reactive ketones (excluding diaryl/α,β-unsaturated/α-hetero) is 1. The van der Waals surface area contributed by atoms with Crippen LogP contribution in [-0.2, 0) is 4.79 Å². The fraction of sp³-hybridized carbons (Fsp3) is 0.500. The first-order chi connectivity index (χ1) is 11.6. The van der Waals surface area contributed by atoms with Crippen molar-refractivity contribution < 1.29 is 13.6 Å². The summed E-state index contributed by atoms with van der Waals surface area (Å²) in [6.07, 6.45) is 3.54. The minimum atomic E-state index is -0.282. The van der Waals surface area contributed by atoms with Crippen LogP contribution in [-0.4, -0.2) is 40.5 Å². The molecule has 1 aromatic carbocycles. The molecule has 1 fully saturated rings. The predicted octanol–water partition coefficient (Wildman–Crippen LogP) is 3.42. The van der Waals surface area contributed by atoms with Crippen molar-refractivity contribution in [2.24, 2.45) is 0 Å². The third-order valence-electron chi connectivity index (χ3n) is 4.47. The molecule has 128 valence electrons. The lowest BCUT2D eigenvalue weighted by molar-refractivity contribution is -0.117. The number of carbonyl (C=O) groups is 1. The molecule has 0 saturated carbocycles. The standard InChI is InChI=1S/C18H22FN3O2/c1-13(23)3-2-10-22-11-8-15(9-12-22)18-21-20-17(24-18)14-4-6-16(19)7-5-14/h4-7,15H,2-3,8-12H2,1H3. The van der Waals surface area contributed by atoms with Gasteiger partial charge in [0.05, 0.1) is 0 Å². The van der Waals surface area contributed by atoms with Crippen LogP contribution in [0.2, 0.25) is 0 Å². The highest BCUT2D eigenvalue weighted by molar-refractivity contribution is 5.75.